The van der Waals surface area contributed by atoms with Crippen LogP contribution in [0.1, 0.15) is 6.92 Å². The molecule has 0 saturated carbocycles. The Morgan fingerprint density at radius 3 is 2.64 bits per heavy atom. The summed E-state index contributed by atoms with van der Waals surface area (Å²) in [6.45, 7) is 5.05. The average Bonchev–Trinajstić information content (AvgIpc) is 2.65. The number of pyridine rings is 1. The molecule has 1 aliphatic rings. The van der Waals surface area contributed by atoms with E-state index in [4.69, 9.17) is 11.6 Å². The van der Waals surface area contributed by atoms with Crippen molar-refractivity contribution in [2.75, 3.05) is 36.4 Å². The number of rotatable bonds is 4. The first kappa shape index (κ1) is 17.6. The summed E-state index contributed by atoms with van der Waals surface area (Å²) in [5.74, 6) is 0.326. The fourth-order valence-electron chi connectivity index (χ4n) is 2.87. The van der Waals surface area contributed by atoms with E-state index >= 15 is 0 Å². The average molecular weight is 363 g/mol. The molecule has 0 radical (unpaired) electrons. The molecule has 2 aromatic rings. The number of nitrogens with zero attached hydrogens (tertiary/aromatic N) is 3. The lowest BCUT2D eigenvalue weighted by Gasteiger charge is -2.37. The van der Waals surface area contributed by atoms with Crippen molar-refractivity contribution in [1.29, 1.82) is 0 Å². The number of carbonyl (C=O) groups excluding carboxylic acids is 1. The predicted molar refractivity (Wildman–Crippen MR) is 97.5 cm³/mol. The lowest BCUT2D eigenvalue weighted by Crippen LogP contribution is -2.53. The number of amides is 1. The molecule has 0 bridgehead atoms. The maximum atomic E-state index is 13.2. The van der Waals surface area contributed by atoms with E-state index in [1.807, 2.05) is 25.1 Å². The van der Waals surface area contributed by atoms with Gasteiger partial charge in [-0.1, -0.05) is 17.7 Å². The number of aromatic nitrogens is 1. The lowest BCUT2D eigenvalue weighted by molar-refractivity contribution is -0.120. The largest absolute Gasteiger partial charge is 0.354 e. The van der Waals surface area contributed by atoms with Crippen LogP contribution >= 0.6 is 11.6 Å². The van der Waals surface area contributed by atoms with E-state index in [9.17, 15) is 9.18 Å². The molecule has 1 aromatic carbocycles. The number of benzene rings is 1. The Kier molecular flexibility index (Phi) is 5.50. The number of nitrogens with one attached hydrogen (secondary N) is 1. The first-order valence-electron chi connectivity index (χ1n) is 8.20. The topological polar surface area (TPSA) is 48.5 Å². The van der Waals surface area contributed by atoms with Crippen LogP contribution in [0.2, 0.25) is 5.02 Å². The quantitative estimate of drug-likeness (QED) is 0.908. The van der Waals surface area contributed by atoms with E-state index in [0.29, 0.717) is 5.69 Å². The fraction of sp³-hybridized carbons (Fsp3) is 0.333. The van der Waals surface area contributed by atoms with Crippen LogP contribution in [0.3, 0.4) is 0 Å². The van der Waals surface area contributed by atoms with Gasteiger partial charge in [0.2, 0.25) is 5.91 Å². The fourth-order valence-corrected chi connectivity index (χ4v) is 3.05. The molecular formula is C18H20ClFN4O. The maximum Gasteiger partial charge on any atom is 0.241 e. The molecule has 5 nitrogen and oxygen atoms in total. The highest BCUT2D eigenvalue weighted by atomic mass is 35.5. The minimum absolute atomic E-state index is 0.00516. The van der Waals surface area contributed by atoms with Crippen LogP contribution in [-0.4, -0.2) is 48.0 Å². The van der Waals surface area contributed by atoms with Gasteiger partial charge in [-0.25, -0.2) is 9.37 Å². The lowest BCUT2D eigenvalue weighted by atomic mass is 10.2. The van der Waals surface area contributed by atoms with Gasteiger partial charge in [-0.3, -0.25) is 9.69 Å². The van der Waals surface area contributed by atoms with Gasteiger partial charge in [-0.05, 0) is 37.3 Å². The Balaban J connectivity index is 1.55. The van der Waals surface area contributed by atoms with Gasteiger partial charge in [0.1, 0.15) is 11.6 Å². The zero-order valence-corrected chi connectivity index (χ0v) is 14.7. The number of halogens is 2. The summed E-state index contributed by atoms with van der Waals surface area (Å²) < 4.78 is 13.2. The Bertz CT molecular complexity index is 735. The Morgan fingerprint density at radius 2 is 2.00 bits per heavy atom. The molecule has 0 spiro atoms. The highest BCUT2D eigenvalue weighted by molar-refractivity contribution is 6.31. The SMILES string of the molecule is C[C@@H](C(=O)Nc1ccc(F)c(Cl)c1)N1CCN(c2ccccn2)CC1. The Morgan fingerprint density at radius 1 is 1.24 bits per heavy atom. The molecule has 1 amide bonds. The van der Waals surface area contributed by atoms with E-state index in [-0.39, 0.29) is 17.0 Å². The third kappa shape index (κ3) is 4.27. The van der Waals surface area contributed by atoms with E-state index in [1.165, 1.54) is 18.2 Å². The second-order valence-corrected chi connectivity index (χ2v) is 6.41. The van der Waals surface area contributed by atoms with Crippen molar-refractivity contribution in [2.45, 2.75) is 13.0 Å². The van der Waals surface area contributed by atoms with E-state index in [2.05, 4.69) is 20.1 Å². The second kappa shape index (κ2) is 7.80. The Labute approximate surface area is 151 Å². The van der Waals surface area contributed by atoms with Crippen LogP contribution in [-0.2, 0) is 4.79 Å². The summed E-state index contributed by atoms with van der Waals surface area (Å²) in [6.07, 6.45) is 1.78. The molecule has 132 valence electrons. The highest BCUT2D eigenvalue weighted by Crippen LogP contribution is 2.20. The molecular weight excluding hydrogens is 343 g/mol. The smallest absolute Gasteiger partial charge is 0.241 e. The molecule has 1 aliphatic heterocycles. The van der Waals surface area contributed by atoms with Gasteiger partial charge in [-0.15, -0.1) is 0 Å². The molecule has 0 unspecified atom stereocenters. The second-order valence-electron chi connectivity index (χ2n) is 6.01. The van der Waals surface area contributed by atoms with Crippen molar-refractivity contribution in [3.8, 4) is 0 Å². The normalized spacial score (nSPS) is 16.5. The van der Waals surface area contributed by atoms with Gasteiger partial charge in [0.15, 0.2) is 0 Å². The number of piperazine rings is 1. The first-order chi connectivity index (χ1) is 12.0. The molecule has 1 fully saturated rings. The van der Waals surface area contributed by atoms with Crippen molar-refractivity contribution in [2.24, 2.45) is 0 Å². The van der Waals surface area contributed by atoms with Crippen LogP contribution in [0, 0.1) is 5.82 Å². The molecule has 2 heterocycles. The number of anilines is 2. The third-order valence-corrected chi connectivity index (χ3v) is 4.69. The minimum Gasteiger partial charge on any atom is -0.354 e. The van der Waals surface area contributed by atoms with Crippen LogP contribution in [0.25, 0.3) is 0 Å². The summed E-state index contributed by atoms with van der Waals surface area (Å²) >= 11 is 5.75. The Hall–Kier alpha value is -2.18. The monoisotopic (exact) mass is 362 g/mol. The predicted octanol–water partition coefficient (Wildman–Crippen LogP) is 3.02. The summed E-state index contributed by atoms with van der Waals surface area (Å²) in [5, 5.41) is 2.79. The number of carbonyl (C=O) groups is 1. The van der Waals surface area contributed by atoms with Crippen LogP contribution in [0.15, 0.2) is 42.6 Å². The van der Waals surface area contributed by atoms with Crippen molar-refractivity contribution >= 4 is 29.0 Å². The molecule has 1 N–H and O–H groups in total. The van der Waals surface area contributed by atoms with E-state index < -0.39 is 5.82 Å². The minimum atomic E-state index is -0.502. The molecule has 1 aromatic heterocycles. The van der Waals surface area contributed by atoms with Crippen LogP contribution < -0.4 is 10.2 Å². The van der Waals surface area contributed by atoms with Crippen molar-refractivity contribution < 1.29 is 9.18 Å². The van der Waals surface area contributed by atoms with Crippen molar-refractivity contribution in [3.05, 3.63) is 53.4 Å². The summed E-state index contributed by atoms with van der Waals surface area (Å²) in [4.78, 5) is 21.1. The molecule has 0 aliphatic carbocycles. The number of hydrogen-bond donors (Lipinski definition) is 1. The van der Waals surface area contributed by atoms with Crippen molar-refractivity contribution in [3.63, 3.8) is 0 Å². The standard InChI is InChI=1S/C18H20ClFN4O/c1-13(18(25)22-14-5-6-16(20)15(19)12-14)23-8-10-24(11-9-23)17-4-2-3-7-21-17/h2-7,12-13H,8-11H2,1H3,(H,22,25)/t13-/m0/s1. The van der Waals surface area contributed by atoms with Gasteiger partial charge in [-0.2, -0.15) is 0 Å². The van der Waals surface area contributed by atoms with Crippen LogP contribution in [0.4, 0.5) is 15.9 Å². The molecule has 7 heteroatoms. The first-order valence-corrected chi connectivity index (χ1v) is 8.58. The summed E-state index contributed by atoms with van der Waals surface area (Å²) in [5.41, 5.74) is 0.496. The maximum absolute atomic E-state index is 13.2. The molecule has 1 atom stereocenters. The van der Waals surface area contributed by atoms with Gasteiger partial charge in [0.25, 0.3) is 0 Å². The van der Waals surface area contributed by atoms with Crippen molar-refractivity contribution in [1.82, 2.24) is 9.88 Å². The summed E-state index contributed by atoms with van der Waals surface area (Å²) in [7, 11) is 0. The van der Waals surface area contributed by atoms with E-state index in [0.717, 1.165) is 32.0 Å². The zero-order valence-electron chi connectivity index (χ0n) is 14.0. The molecule has 25 heavy (non-hydrogen) atoms. The summed E-state index contributed by atoms with van der Waals surface area (Å²) in [6, 6.07) is 9.74. The number of hydrogen-bond acceptors (Lipinski definition) is 4. The van der Waals surface area contributed by atoms with Gasteiger partial charge in [0.05, 0.1) is 11.1 Å². The van der Waals surface area contributed by atoms with Gasteiger partial charge < -0.3 is 10.2 Å². The molecule has 1 saturated heterocycles. The highest BCUT2D eigenvalue weighted by Gasteiger charge is 2.26. The van der Waals surface area contributed by atoms with Gasteiger partial charge in [0, 0.05) is 38.1 Å². The molecule has 3 rings (SSSR count). The van der Waals surface area contributed by atoms with Crippen LogP contribution in [0.5, 0.6) is 0 Å². The van der Waals surface area contributed by atoms with Gasteiger partial charge >= 0.3 is 0 Å². The van der Waals surface area contributed by atoms with E-state index in [1.54, 1.807) is 6.20 Å². The third-order valence-electron chi connectivity index (χ3n) is 4.40. The zero-order chi connectivity index (χ0) is 17.8.